The Labute approximate surface area is 91.3 Å². The molecule has 0 aliphatic carbocycles. The summed E-state index contributed by atoms with van der Waals surface area (Å²) >= 11 is 0. The number of aliphatic hydroxyl groups excluding tert-OH is 1. The second-order valence-corrected chi connectivity index (χ2v) is 3.65. The first-order chi connectivity index (χ1) is 7.59. The molecule has 0 amide bonds. The highest BCUT2D eigenvalue weighted by molar-refractivity contribution is 5.73. The molecule has 0 radical (unpaired) electrons. The van der Waals surface area contributed by atoms with Gasteiger partial charge in [0.1, 0.15) is 11.9 Å². The number of halogens is 1. The molecule has 2 unspecified atom stereocenters. The van der Waals surface area contributed by atoms with Crippen LogP contribution >= 0.6 is 0 Å². The van der Waals surface area contributed by atoms with Gasteiger partial charge in [-0.3, -0.25) is 0 Å². The number of ether oxygens (including phenoxy) is 1. The maximum absolute atomic E-state index is 13.1. The summed E-state index contributed by atoms with van der Waals surface area (Å²) in [6, 6.07) is 4.68. The maximum atomic E-state index is 13.1. The monoisotopic (exact) mass is 226 g/mol. The highest BCUT2D eigenvalue weighted by Gasteiger charge is 2.28. The fourth-order valence-corrected chi connectivity index (χ4v) is 1.69. The number of hydrogen-bond acceptors (Lipinski definition) is 3. The van der Waals surface area contributed by atoms with E-state index in [9.17, 15) is 14.3 Å². The number of carbonyl (C=O) groups is 1. The van der Waals surface area contributed by atoms with Gasteiger partial charge in [0.25, 0.3) is 0 Å². The average molecular weight is 226 g/mol. The molecular weight excluding hydrogens is 215 g/mol. The third-order valence-electron chi connectivity index (χ3n) is 2.57. The molecule has 2 N–H and O–H groups in total. The van der Waals surface area contributed by atoms with Crippen molar-refractivity contribution in [2.75, 3.05) is 6.61 Å². The van der Waals surface area contributed by atoms with E-state index < -0.39 is 18.2 Å². The smallest absolute Gasteiger partial charge is 0.341 e. The van der Waals surface area contributed by atoms with Gasteiger partial charge in [0.2, 0.25) is 6.17 Å². The van der Waals surface area contributed by atoms with Gasteiger partial charge < -0.3 is 14.9 Å². The summed E-state index contributed by atoms with van der Waals surface area (Å²) in [7, 11) is 0. The summed E-state index contributed by atoms with van der Waals surface area (Å²) in [5.41, 5.74) is 1.13. The van der Waals surface area contributed by atoms with Crippen molar-refractivity contribution in [3.63, 3.8) is 0 Å². The second kappa shape index (κ2) is 4.09. The summed E-state index contributed by atoms with van der Waals surface area (Å²) in [6.45, 7) is 0.562. The zero-order valence-corrected chi connectivity index (χ0v) is 8.39. The maximum Gasteiger partial charge on any atom is 0.341 e. The fraction of sp³-hybridized carbons (Fsp3) is 0.364. The normalized spacial score (nSPS) is 17.4. The standard InChI is InChI=1S/C11H11FO4/c12-9(11(14)15)10(13)7-1-2-8-6(5-7)3-4-16-8/h1-2,5,9-10,13H,3-4H2,(H,14,15). The number of fused-ring (bicyclic) bond motifs is 1. The van der Waals surface area contributed by atoms with Crippen LogP contribution in [0.15, 0.2) is 18.2 Å². The van der Waals surface area contributed by atoms with Gasteiger partial charge in [0, 0.05) is 6.42 Å². The zero-order chi connectivity index (χ0) is 11.7. The van der Waals surface area contributed by atoms with Crippen LogP contribution in [-0.2, 0) is 11.2 Å². The van der Waals surface area contributed by atoms with E-state index in [-0.39, 0.29) is 5.56 Å². The van der Waals surface area contributed by atoms with Gasteiger partial charge in [-0.1, -0.05) is 6.07 Å². The summed E-state index contributed by atoms with van der Waals surface area (Å²) in [5, 5.41) is 17.9. The van der Waals surface area contributed by atoms with Crippen molar-refractivity contribution in [3.05, 3.63) is 29.3 Å². The summed E-state index contributed by atoms with van der Waals surface area (Å²) in [6.07, 6.45) is -3.25. The molecule has 5 heteroatoms. The minimum atomic E-state index is -2.31. The molecular formula is C11H11FO4. The lowest BCUT2D eigenvalue weighted by Gasteiger charge is -2.13. The predicted molar refractivity (Wildman–Crippen MR) is 53.1 cm³/mol. The van der Waals surface area contributed by atoms with Crippen molar-refractivity contribution >= 4 is 5.97 Å². The van der Waals surface area contributed by atoms with E-state index in [4.69, 9.17) is 9.84 Å². The number of carboxylic acid groups (broad SMARTS) is 1. The molecule has 0 aromatic heterocycles. The Morgan fingerprint density at radius 1 is 1.50 bits per heavy atom. The third kappa shape index (κ3) is 1.86. The molecule has 0 saturated heterocycles. The first kappa shape index (κ1) is 10.9. The Kier molecular flexibility index (Phi) is 2.78. The lowest BCUT2D eigenvalue weighted by Crippen LogP contribution is -2.23. The first-order valence-electron chi connectivity index (χ1n) is 4.90. The molecule has 16 heavy (non-hydrogen) atoms. The van der Waals surface area contributed by atoms with Gasteiger partial charge in [-0.05, 0) is 23.3 Å². The van der Waals surface area contributed by atoms with Crippen LogP contribution in [0, 0.1) is 0 Å². The summed E-state index contributed by atoms with van der Waals surface area (Å²) in [4.78, 5) is 10.4. The third-order valence-corrected chi connectivity index (χ3v) is 2.57. The van der Waals surface area contributed by atoms with Crippen LogP contribution < -0.4 is 4.74 Å². The minimum absolute atomic E-state index is 0.263. The average Bonchev–Trinajstić information content (AvgIpc) is 2.73. The quantitative estimate of drug-likeness (QED) is 0.809. The van der Waals surface area contributed by atoms with E-state index in [1.54, 1.807) is 12.1 Å². The number of alkyl halides is 1. The number of aliphatic hydroxyl groups is 1. The molecule has 1 aromatic carbocycles. The van der Waals surface area contributed by atoms with Crippen LogP contribution in [0.2, 0.25) is 0 Å². The summed E-state index contributed by atoms with van der Waals surface area (Å²) < 4.78 is 18.3. The number of benzene rings is 1. The van der Waals surface area contributed by atoms with Gasteiger partial charge >= 0.3 is 5.97 Å². The topological polar surface area (TPSA) is 66.8 Å². The molecule has 1 heterocycles. The van der Waals surface area contributed by atoms with Crippen LogP contribution in [0.25, 0.3) is 0 Å². The molecule has 0 bridgehead atoms. The molecule has 86 valence electrons. The number of aliphatic carboxylic acids is 1. The molecule has 2 rings (SSSR count). The SMILES string of the molecule is O=C(O)C(F)C(O)c1ccc2c(c1)CCO2. The van der Waals surface area contributed by atoms with E-state index in [1.165, 1.54) is 6.07 Å². The number of hydrogen-bond donors (Lipinski definition) is 2. The molecule has 0 spiro atoms. The van der Waals surface area contributed by atoms with Crippen LogP contribution in [0.5, 0.6) is 5.75 Å². The highest BCUT2D eigenvalue weighted by atomic mass is 19.1. The second-order valence-electron chi connectivity index (χ2n) is 3.65. The van der Waals surface area contributed by atoms with Gasteiger partial charge in [-0.15, -0.1) is 0 Å². The van der Waals surface area contributed by atoms with Crippen LogP contribution in [0.4, 0.5) is 4.39 Å². The Bertz CT molecular complexity index is 418. The van der Waals surface area contributed by atoms with E-state index in [0.717, 1.165) is 5.56 Å². The van der Waals surface area contributed by atoms with Crippen LogP contribution in [0.1, 0.15) is 17.2 Å². The van der Waals surface area contributed by atoms with Crippen molar-refractivity contribution in [2.45, 2.75) is 18.7 Å². The van der Waals surface area contributed by atoms with E-state index in [0.29, 0.717) is 18.8 Å². The zero-order valence-electron chi connectivity index (χ0n) is 8.39. The molecule has 4 nitrogen and oxygen atoms in total. The van der Waals surface area contributed by atoms with E-state index in [2.05, 4.69) is 0 Å². The predicted octanol–water partition coefficient (Wildman–Crippen LogP) is 1.08. The van der Waals surface area contributed by atoms with Gasteiger partial charge in [-0.25, -0.2) is 9.18 Å². The number of rotatable bonds is 3. The fourth-order valence-electron chi connectivity index (χ4n) is 1.69. The van der Waals surface area contributed by atoms with Crippen molar-refractivity contribution in [1.82, 2.24) is 0 Å². The van der Waals surface area contributed by atoms with Crippen molar-refractivity contribution in [1.29, 1.82) is 0 Å². The molecule has 1 aliphatic rings. The van der Waals surface area contributed by atoms with Gasteiger partial charge in [0.05, 0.1) is 6.61 Å². The van der Waals surface area contributed by atoms with E-state index >= 15 is 0 Å². The molecule has 1 aromatic rings. The van der Waals surface area contributed by atoms with Crippen molar-refractivity contribution in [3.8, 4) is 5.75 Å². The van der Waals surface area contributed by atoms with Gasteiger partial charge in [0.15, 0.2) is 0 Å². The van der Waals surface area contributed by atoms with Crippen molar-refractivity contribution < 1.29 is 24.1 Å². The first-order valence-corrected chi connectivity index (χ1v) is 4.90. The number of carboxylic acids is 1. The Hall–Kier alpha value is -1.62. The van der Waals surface area contributed by atoms with E-state index in [1.807, 2.05) is 0 Å². The molecule has 0 saturated carbocycles. The lowest BCUT2D eigenvalue weighted by molar-refractivity contribution is -0.147. The lowest BCUT2D eigenvalue weighted by atomic mass is 10.0. The minimum Gasteiger partial charge on any atom is -0.493 e. The Morgan fingerprint density at radius 2 is 2.25 bits per heavy atom. The van der Waals surface area contributed by atoms with Crippen molar-refractivity contribution in [2.24, 2.45) is 0 Å². The largest absolute Gasteiger partial charge is 0.493 e. The summed E-state index contributed by atoms with van der Waals surface area (Å²) in [5.74, 6) is -0.953. The Morgan fingerprint density at radius 3 is 2.94 bits per heavy atom. The van der Waals surface area contributed by atoms with Crippen LogP contribution in [0.3, 0.4) is 0 Å². The molecule has 2 atom stereocenters. The molecule has 0 fully saturated rings. The Balaban J connectivity index is 2.24. The molecule has 1 aliphatic heterocycles. The highest BCUT2D eigenvalue weighted by Crippen LogP contribution is 2.29. The van der Waals surface area contributed by atoms with Gasteiger partial charge in [-0.2, -0.15) is 0 Å². The van der Waals surface area contributed by atoms with Crippen LogP contribution in [-0.4, -0.2) is 29.0 Å².